The van der Waals surface area contributed by atoms with Crippen molar-refractivity contribution in [3.63, 3.8) is 0 Å². The maximum atomic E-state index is 13.5. The normalized spacial score (nSPS) is 31.3. The van der Waals surface area contributed by atoms with E-state index < -0.39 is 25.8 Å². The number of hydrogen-bond donors (Lipinski definition) is 0. The Labute approximate surface area is 210 Å². The van der Waals surface area contributed by atoms with Gasteiger partial charge in [-0.25, -0.2) is 4.79 Å². The highest BCUT2D eigenvalue weighted by Crippen LogP contribution is 2.57. The van der Waals surface area contributed by atoms with Crippen LogP contribution in [-0.4, -0.2) is 50.5 Å². The van der Waals surface area contributed by atoms with E-state index >= 15 is 0 Å². The molecule has 8 heteroatoms. The predicted octanol–water partition coefficient (Wildman–Crippen LogP) is 4.96. The summed E-state index contributed by atoms with van der Waals surface area (Å²) < 4.78 is 24.5. The van der Waals surface area contributed by atoms with Gasteiger partial charge in [-0.1, -0.05) is 47.6 Å². The number of hydrogen-bond acceptors (Lipinski definition) is 7. The summed E-state index contributed by atoms with van der Waals surface area (Å²) in [6, 6.07) is 3.01. The molecule has 1 spiro atoms. The number of rotatable bonds is 12. The molecule has 4 aliphatic rings. The lowest BCUT2D eigenvalue weighted by molar-refractivity contribution is -0.217. The molecule has 196 valence electrons. The molecule has 0 N–H and O–H groups in total. The van der Waals surface area contributed by atoms with Crippen LogP contribution in [0.2, 0.25) is 18.1 Å². The fourth-order valence-corrected chi connectivity index (χ4v) is 9.03. The minimum Gasteiger partial charge on any atom is -0.486 e. The molecule has 0 radical (unpaired) electrons. The van der Waals surface area contributed by atoms with Crippen LogP contribution in [0, 0.1) is 23.7 Å². The van der Waals surface area contributed by atoms with Crippen LogP contribution in [0.4, 0.5) is 0 Å². The van der Waals surface area contributed by atoms with E-state index in [0.29, 0.717) is 18.6 Å². The fraction of sp³-hybridized carbons (Fsp3) is 0.741. The van der Waals surface area contributed by atoms with Gasteiger partial charge in [0.05, 0.1) is 18.6 Å². The molecule has 3 fully saturated rings. The van der Waals surface area contributed by atoms with Gasteiger partial charge in [0, 0.05) is 19.3 Å². The number of ether oxygens (including phenoxy) is 3. The predicted molar refractivity (Wildman–Crippen MR) is 135 cm³/mol. The van der Waals surface area contributed by atoms with Gasteiger partial charge < -0.3 is 18.6 Å². The van der Waals surface area contributed by atoms with Gasteiger partial charge >= 0.3 is 11.9 Å². The van der Waals surface area contributed by atoms with Crippen molar-refractivity contribution < 1.29 is 33.0 Å². The van der Waals surface area contributed by atoms with Gasteiger partial charge in [-0.3, -0.25) is 9.59 Å². The number of Topliss-reactive ketones (excluding diaryl/α,β-unsaturated/α-hetero) is 1. The zero-order valence-electron chi connectivity index (χ0n) is 22.3. The molecule has 3 heterocycles. The molecule has 2 saturated heterocycles. The first kappa shape index (κ1) is 27.7. The average molecular weight is 507 g/mol. The number of carbonyl (C=O) groups is 3. The van der Waals surface area contributed by atoms with Crippen molar-refractivity contribution in [3.05, 3.63) is 24.0 Å². The van der Waals surface area contributed by atoms with Gasteiger partial charge in [0.25, 0.3) is 0 Å². The van der Waals surface area contributed by atoms with Crippen LogP contribution in [0.15, 0.2) is 24.0 Å². The lowest BCUT2D eigenvalue weighted by atomic mass is 9.64. The molecule has 35 heavy (non-hydrogen) atoms. The van der Waals surface area contributed by atoms with Crippen LogP contribution in [0.3, 0.4) is 0 Å². The summed E-state index contributed by atoms with van der Waals surface area (Å²) in [6.07, 6.45) is 2.38. The van der Waals surface area contributed by atoms with Crippen LogP contribution >= 0.6 is 0 Å². The Morgan fingerprint density at radius 2 is 1.86 bits per heavy atom. The second kappa shape index (κ2) is 10.6. The molecule has 2 bridgehead atoms. The van der Waals surface area contributed by atoms with E-state index in [0.717, 1.165) is 18.1 Å². The Morgan fingerprint density at radius 3 is 2.40 bits per heavy atom. The average Bonchev–Trinajstić information content (AvgIpc) is 3.11. The highest BCUT2D eigenvalue weighted by Gasteiger charge is 2.68. The van der Waals surface area contributed by atoms with Gasteiger partial charge in [0.1, 0.15) is 11.7 Å². The molecule has 0 aromatic heterocycles. The third kappa shape index (κ3) is 4.88. The standard InChI is InChI=1S/C27H42O7Si/c1-9-20-24(34-35(10-2,11-3)12-4)23-18(7)14-27(20)25(32-23)21(26(30)33-27)22(29)17(6)13-16(5)15-31-19(8)28/h9,16-18,20,23-24H,1,10-15H2,2-8H3/t16-,17+,18?,20?,23?,24?,27+/m0/s1. The molecule has 1 aliphatic carbocycles. The monoisotopic (exact) mass is 506 g/mol. The number of fused-ring (bicyclic) bond motifs is 2. The second-order valence-electron chi connectivity index (χ2n) is 10.7. The van der Waals surface area contributed by atoms with E-state index in [1.165, 1.54) is 6.92 Å². The molecule has 4 rings (SSSR count). The summed E-state index contributed by atoms with van der Waals surface area (Å²) in [4.78, 5) is 37.8. The molecule has 0 aromatic rings. The van der Waals surface area contributed by atoms with Crippen molar-refractivity contribution in [2.24, 2.45) is 23.7 Å². The van der Waals surface area contributed by atoms with Crippen LogP contribution in [0.25, 0.3) is 0 Å². The van der Waals surface area contributed by atoms with Gasteiger partial charge in [-0.15, -0.1) is 6.58 Å². The third-order valence-electron chi connectivity index (χ3n) is 8.34. The van der Waals surface area contributed by atoms with Crippen LogP contribution < -0.4 is 0 Å². The lowest BCUT2D eigenvalue weighted by Gasteiger charge is -2.57. The second-order valence-corrected chi connectivity index (χ2v) is 15.5. The van der Waals surface area contributed by atoms with Crippen molar-refractivity contribution in [2.45, 2.75) is 97.2 Å². The Bertz CT molecular complexity index is 884. The third-order valence-corrected chi connectivity index (χ3v) is 13.0. The van der Waals surface area contributed by atoms with Crippen LogP contribution in [0.5, 0.6) is 0 Å². The SMILES string of the molecule is C=CC1C(O[Si](CC)(CC)CC)C2OC3=C(C(=O)[C@H](C)C[C@H](C)COC(C)=O)C(=O)O[C@@]31CC2C. The maximum absolute atomic E-state index is 13.5. The van der Waals surface area contributed by atoms with Gasteiger partial charge in [0.15, 0.2) is 25.5 Å². The molecule has 7 atom stereocenters. The Hall–Kier alpha value is -1.93. The molecular weight excluding hydrogens is 464 g/mol. The minimum absolute atomic E-state index is 0.0208. The van der Waals surface area contributed by atoms with E-state index in [1.807, 2.05) is 13.0 Å². The zero-order chi connectivity index (χ0) is 26.1. The van der Waals surface area contributed by atoms with Crippen LogP contribution in [-0.2, 0) is 33.0 Å². The molecule has 3 aliphatic heterocycles. The van der Waals surface area contributed by atoms with Crippen molar-refractivity contribution >= 4 is 26.0 Å². The van der Waals surface area contributed by atoms with E-state index in [2.05, 4.69) is 34.3 Å². The molecule has 1 saturated carbocycles. The first-order chi connectivity index (χ1) is 16.5. The van der Waals surface area contributed by atoms with Gasteiger partial charge in [-0.2, -0.15) is 0 Å². The fourth-order valence-electron chi connectivity index (χ4n) is 6.17. The van der Waals surface area contributed by atoms with Gasteiger partial charge in [0.2, 0.25) is 0 Å². The van der Waals surface area contributed by atoms with Crippen molar-refractivity contribution in [3.8, 4) is 0 Å². The molecule has 0 aromatic carbocycles. The minimum atomic E-state index is -1.97. The zero-order valence-corrected chi connectivity index (χ0v) is 23.3. The van der Waals surface area contributed by atoms with Crippen molar-refractivity contribution in [1.82, 2.24) is 0 Å². The number of carbonyl (C=O) groups excluding carboxylic acids is 3. The first-order valence-corrected chi connectivity index (χ1v) is 15.6. The molecular formula is C27H42O7Si. The summed E-state index contributed by atoms with van der Waals surface area (Å²) >= 11 is 0. The molecule has 7 nitrogen and oxygen atoms in total. The van der Waals surface area contributed by atoms with Crippen molar-refractivity contribution in [1.29, 1.82) is 0 Å². The summed E-state index contributed by atoms with van der Waals surface area (Å²) in [5.74, 6) is -1.49. The first-order valence-electron chi connectivity index (χ1n) is 13.1. The number of ketones is 1. The highest BCUT2D eigenvalue weighted by molar-refractivity contribution is 6.73. The maximum Gasteiger partial charge on any atom is 0.346 e. The lowest BCUT2D eigenvalue weighted by Crippen LogP contribution is -2.65. The highest BCUT2D eigenvalue weighted by atomic mass is 28.4. The Balaban J connectivity index is 1.92. The quantitative estimate of drug-likeness (QED) is 0.160. The molecule has 4 unspecified atom stereocenters. The summed E-state index contributed by atoms with van der Waals surface area (Å²) in [7, 11) is -1.97. The topological polar surface area (TPSA) is 88.1 Å². The van der Waals surface area contributed by atoms with E-state index in [-0.39, 0.29) is 53.9 Å². The van der Waals surface area contributed by atoms with E-state index in [9.17, 15) is 14.4 Å². The molecule has 0 amide bonds. The van der Waals surface area contributed by atoms with Gasteiger partial charge in [-0.05, 0) is 36.4 Å². The Morgan fingerprint density at radius 1 is 1.23 bits per heavy atom. The summed E-state index contributed by atoms with van der Waals surface area (Å²) in [5, 5.41) is 0. The van der Waals surface area contributed by atoms with Crippen molar-refractivity contribution in [2.75, 3.05) is 6.61 Å². The van der Waals surface area contributed by atoms with Crippen LogP contribution in [0.1, 0.15) is 61.3 Å². The van der Waals surface area contributed by atoms with E-state index in [1.54, 1.807) is 6.92 Å². The largest absolute Gasteiger partial charge is 0.486 e. The summed E-state index contributed by atoms with van der Waals surface area (Å²) in [6.45, 7) is 18.1. The van der Waals surface area contributed by atoms with E-state index in [4.69, 9.17) is 18.6 Å². The Kier molecular flexibility index (Phi) is 8.36. The summed E-state index contributed by atoms with van der Waals surface area (Å²) in [5.41, 5.74) is -1.01. The smallest absolute Gasteiger partial charge is 0.346 e. The number of esters is 2.